The minimum atomic E-state index is 0.447. The van der Waals surface area contributed by atoms with Gasteiger partial charge in [-0.15, -0.1) is 5.10 Å². The molecule has 0 atom stereocenters. The van der Waals surface area contributed by atoms with Crippen molar-refractivity contribution in [2.24, 2.45) is 0 Å². The maximum absolute atomic E-state index is 4.17. The molecule has 0 bridgehead atoms. The fraction of sp³-hybridized carbons (Fsp3) is 0.385. The monoisotopic (exact) mass is 247 g/mol. The van der Waals surface area contributed by atoms with Crippen LogP contribution < -0.4 is 5.32 Å². The summed E-state index contributed by atoms with van der Waals surface area (Å²) in [6, 6.07) is 10.4. The fourth-order valence-electron chi connectivity index (χ4n) is 1.69. The number of hydrogen-bond acceptors (Lipinski definition) is 4. The number of aromatic nitrogens is 2. The molecule has 17 heavy (non-hydrogen) atoms. The van der Waals surface area contributed by atoms with Crippen molar-refractivity contribution in [1.82, 2.24) is 14.9 Å². The van der Waals surface area contributed by atoms with E-state index in [4.69, 9.17) is 0 Å². The van der Waals surface area contributed by atoms with E-state index in [2.05, 4.69) is 53.0 Å². The van der Waals surface area contributed by atoms with Gasteiger partial charge in [0.05, 0.1) is 10.6 Å². The molecule has 0 aliphatic carbocycles. The summed E-state index contributed by atoms with van der Waals surface area (Å²) in [6.45, 7) is 6.03. The Morgan fingerprint density at radius 3 is 2.65 bits per heavy atom. The summed E-state index contributed by atoms with van der Waals surface area (Å²) >= 11 is 1.49. The Bertz CT molecular complexity index is 451. The molecule has 0 amide bonds. The van der Waals surface area contributed by atoms with E-state index in [1.54, 1.807) is 0 Å². The molecule has 90 valence electrons. The highest BCUT2D eigenvalue weighted by molar-refractivity contribution is 7.05. The molecule has 1 aromatic carbocycles. The minimum absolute atomic E-state index is 0.447. The maximum Gasteiger partial charge on any atom is 0.0826 e. The van der Waals surface area contributed by atoms with Gasteiger partial charge >= 0.3 is 0 Å². The summed E-state index contributed by atoms with van der Waals surface area (Å²) in [6.07, 6.45) is 0. The summed E-state index contributed by atoms with van der Waals surface area (Å²) < 4.78 is 4.02. The first-order valence-corrected chi connectivity index (χ1v) is 6.60. The maximum atomic E-state index is 4.17. The van der Waals surface area contributed by atoms with Gasteiger partial charge in [0.1, 0.15) is 0 Å². The molecular weight excluding hydrogens is 230 g/mol. The smallest absolute Gasteiger partial charge is 0.0826 e. The minimum Gasteiger partial charge on any atom is -0.308 e. The highest BCUT2D eigenvalue weighted by Gasteiger charge is 2.10. The Kier molecular flexibility index (Phi) is 4.23. The molecule has 2 aromatic rings. The van der Waals surface area contributed by atoms with Gasteiger partial charge in [-0.05, 0) is 23.0 Å². The summed E-state index contributed by atoms with van der Waals surface area (Å²) in [5.41, 5.74) is 2.42. The van der Waals surface area contributed by atoms with E-state index in [0.717, 1.165) is 18.8 Å². The average Bonchev–Trinajstić information content (AvgIpc) is 2.79. The van der Waals surface area contributed by atoms with Crippen molar-refractivity contribution in [3.8, 4) is 0 Å². The third-order valence-electron chi connectivity index (χ3n) is 2.59. The number of hydrogen-bond donors (Lipinski definition) is 1. The Labute approximate surface area is 106 Å². The number of benzene rings is 1. The number of nitrogens with one attached hydrogen (secondary N) is 1. The molecule has 4 heteroatoms. The molecule has 0 fully saturated rings. The summed E-state index contributed by atoms with van der Waals surface area (Å²) in [7, 11) is 0. The third kappa shape index (κ3) is 3.35. The molecule has 0 aliphatic rings. The summed E-state index contributed by atoms with van der Waals surface area (Å²) in [5, 5.41) is 7.60. The molecule has 0 spiro atoms. The topological polar surface area (TPSA) is 37.8 Å². The second kappa shape index (κ2) is 5.89. The lowest BCUT2D eigenvalue weighted by molar-refractivity contribution is 0.684. The molecule has 1 N–H and O–H groups in total. The van der Waals surface area contributed by atoms with Crippen LogP contribution in [0.1, 0.15) is 35.9 Å². The molecule has 1 heterocycles. The zero-order chi connectivity index (χ0) is 12.1. The van der Waals surface area contributed by atoms with Gasteiger partial charge < -0.3 is 5.32 Å². The molecule has 0 aliphatic heterocycles. The van der Waals surface area contributed by atoms with E-state index >= 15 is 0 Å². The van der Waals surface area contributed by atoms with Crippen LogP contribution in [0.2, 0.25) is 0 Å². The van der Waals surface area contributed by atoms with Gasteiger partial charge in [-0.1, -0.05) is 48.7 Å². The molecule has 3 nitrogen and oxygen atoms in total. The van der Waals surface area contributed by atoms with Crippen LogP contribution >= 0.6 is 11.5 Å². The highest BCUT2D eigenvalue weighted by Crippen LogP contribution is 2.19. The molecule has 0 saturated heterocycles. The zero-order valence-electron chi connectivity index (χ0n) is 10.2. The van der Waals surface area contributed by atoms with Crippen LogP contribution in [0.15, 0.2) is 30.3 Å². The largest absolute Gasteiger partial charge is 0.308 e. The van der Waals surface area contributed by atoms with E-state index in [-0.39, 0.29) is 0 Å². The molecule has 0 unspecified atom stereocenters. The summed E-state index contributed by atoms with van der Waals surface area (Å²) in [4.78, 5) is 1.25. The highest BCUT2D eigenvalue weighted by atomic mass is 32.1. The lowest BCUT2D eigenvalue weighted by Crippen LogP contribution is -2.13. The van der Waals surface area contributed by atoms with Crippen LogP contribution in [-0.4, -0.2) is 9.59 Å². The SMILES string of the molecule is CC(C)c1nnsc1CNCc1ccccc1. The standard InChI is InChI=1S/C13H17N3S/c1-10(2)13-12(17-16-15-13)9-14-8-11-6-4-3-5-7-11/h3-7,10,14H,8-9H2,1-2H3. The van der Waals surface area contributed by atoms with Gasteiger partial charge in [0.25, 0.3) is 0 Å². The lowest BCUT2D eigenvalue weighted by atomic mass is 10.1. The van der Waals surface area contributed by atoms with Gasteiger partial charge in [0.2, 0.25) is 0 Å². The Morgan fingerprint density at radius 1 is 1.18 bits per heavy atom. The predicted octanol–water partition coefficient (Wildman–Crippen LogP) is 2.95. The zero-order valence-corrected chi connectivity index (χ0v) is 11.0. The van der Waals surface area contributed by atoms with Crippen LogP contribution in [0.5, 0.6) is 0 Å². The van der Waals surface area contributed by atoms with Crippen molar-refractivity contribution in [3.63, 3.8) is 0 Å². The second-order valence-electron chi connectivity index (χ2n) is 4.33. The van der Waals surface area contributed by atoms with Gasteiger partial charge in [0, 0.05) is 13.1 Å². The molecule has 2 rings (SSSR count). The van der Waals surface area contributed by atoms with E-state index in [9.17, 15) is 0 Å². The van der Waals surface area contributed by atoms with Crippen molar-refractivity contribution in [1.29, 1.82) is 0 Å². The van der Waals surface area contributed by atoms with E-state index in [1.165, 1.54) is 22.0 Å². The van der Waals surface area contributed by atoms with Crippen molar-refractivity contribution < 1.29 is 0 Å². The van der Waals surface area contributed by atoms with Gasteiger partial charge in [0.15, 0.2) is 0 Å². The number of rotatable bonds is 5. The van der Waals surface area contributed by atoms with Crippen molar-refractivity contribution in [2.75, 3.05) is 0 Å². The first-order valence-electron chi connectivity index (χ1n) is 5.83. The molecular formula is C13H17N3S. The Hall–Kier alpha value is -1.26. The normalized spacial score (nSPS) is 11.0. The van der Waals surface area contributed by atoms with Crippen LogP contribution in [-0.2, 0) is 13.1 Å². The number of nitrogens with zero attached hydrogens (tertiary/aromatic N) is 2. The Balaban J connectivity index is 1.88. The average molecular weight is 247 g/mol. The molecule has 0 radical (unpaired) electrons. The van der Waals surface area contributed by atoms with Crippen LogP contribution in [0.25, 0.3) is 0 Å². The van der Waals surface area contributed by atoms with Crippen molar-refractivity contribution >= 4 is 11.5 Å². The van der Waals surface area contributed by atoms with Gasteiger partial charge in [-0.25, -0.2) is 0 Å². The van der Waals surface area contributed by atoms with Crippen LogP contribution in [0.4, 0.5) is 0 Å². The second-order valence-corrected chi connectivity index (χ2v) is 5.16. The van der Waals surface area contributed by atoms with E-state index < -0.39 is 0 Å². The first kappa shape index (κ1) is 12.2. The molecule has 0 saturated carbocycles. The van der Waals surface area contributed by atoms with E-state index in [0.29, 0.717) is 5.92 Å². The summed E-state index contributed by atoms with van der Waals surface area (Å²) in [5.74, 6) is 0.447. The quantitative estimate of drug-likeness (QED) is 0.882. The van der Waals surface area contributed by atoms with Crippen molar-refractivity contribution in [3.05, 3.63) is 46.5 Å². The van der Waals surface area contributed by atoms with Crippen molar-refractivity contribution in [2.45, 2.75) is 32.9 Å². The third-order valence-corrected chi connectivity index (χ3v) is 3.33. The fourth-order valence-corrected chi connectivity index (χ4v) is 2.46. The lowest BCUT2D eigenvalue weighted by Gasteiger charge is -2.06. The Morgan fingerprint density at radius 2 is 1.94 bits per heavy atom. The first-order chi connectivity index (χ1) is 8.27. The molecule has 1 aromatic heterocycles. The van der Waals surface area contributed by atoms with Crippen LogP contribution in [0.3, 0.4) is 0 Å². The van der Waals surface area contributed by atoms with E-state index in [1.807, 2.05) is 6.07 Å². The van der Waals surface area contributed by atoms with Gasteiger partial charge in [-0.3, -0.25) is 0 Å². The predicted molar refractivity (Wildman–Crippen MR) is 71.0 cm³/mol. The van der Waals surface area contributed by atoms with Gasteiger partial charge in [-0.2, -0.15) is 0 Å². The van der Waals surface area contributed by atoms with Crippen LogP contribution in [0, 0.1) is 0 Å².